The van der Waals surface area contributed by atoms with E-state index in [2.05, 4.69) is 15.4 Å². The molecule has 152 valence electrons. The van der Waals surface area contributed by atoms with Crippen molar-refractivity contribution in [3.63, 3.8) is 0 Å². The van der Waals surface area contributed by atoms with E-state index >= 15 is 0 Å². The Morgan fingerprint density at radius 3 is 2.57 bits per heavy atom. The Morgan fingerprint density at radius 1 is 1.07 bits per heavy atom. The smallest absolute Gasteiger partial charge is 0.255 e. The molecule has 0 fully saturated rings. The summed E-state index contributed by atoms with van der Waals surface area (Å²) in [5, 5.41) is 6.92. The van der Waals surface area contributed by atoms with Crippen LogP contribution >= 0.6 is 0 Å². The lowest BCUT2D eigenvalue weighted by molar-refractivity contribution is -0.127. The summed E-state index contributed by atoms with van der Waals surface area (Å²) in [6, 6.07) is 13.7. The largest absolute Gasteiger partial charge is 0.347 e. The number of carbonyl (C=O) groups is 2. The molecule has 0 bridgehead atoms. The average molecular weight is 402 g/mol. The van der Waals surface area contributed by atoms with E-state index in [0.717, 1.165) is 16.8 Å². The zero-order chi connectivity index (χ0) is 21.1. The van der Waals surface area contributed by atoms with Gasteiger partial charge in [-0.3, -0.25) is 14.6 Å². The maximum absolute atomic E-state index is 12.7. The number of carbonyl (C=O) groups excluding carboxylic acids is 2. The SMILES string of the molecule is CN(C)C(=O)CNC(=O)c1cn(Cc2ccc(-n3cccn3)cc2)c2cccnc12. The third-order valence-corrected chi connectivity index (χ3v) is 4.84. The molecule has 0 saturated carbocycles. The molecule has 8 heteroatoms. The number of fused-ring (bicyclic) bond motifs is 1. The van der Waals surface area contributed by atoms with Crippen LogP contribution in [0.25, 0.3) is 16.7 Å². The maximum Gasteiger partial charge on any atom is 0.255 e. The second kappa shape index (κ2) is 8.20. The highest BCUT2D eigenvalue weighted by Crippen LogP contribution is 2.21. The summed E-state index contributed by atoms with van der Waals surface area (Å²) in [5.41, 5.74) is 3.98. The number of rotatable bonds is 6. The first-order valence-electron chi connectivity index (χ1n) is 9.54. The number of nitrogens with one attached hydrogen (secondary N) is 1. The highest BCUT2D eigenvalue weighted by Gasteiger charge is 2.17. The van der Waals surface area contributed by atoms with Gasteiger partial charge in [0, 0.05) is 45.4 Å². The molecule has 0 spiro atoms. The number of nitrogens with zero attached hydrogens (tertiary/aromatic N) is 5. The van der Waals surface area contributed by atoms with Gasteiger partial charge in [0.1, 0.15) is 5.52 Å². The fraction of sp³-hybridized carbons (Fsp3) is 0.182. The van der Waals surface area contributed by atoms with Gasteiger partial charge in [0.25, 0.3) is 5.91 Å². The molecule has 3 heterocycles. The van der Waals surface area contributed by atoms with E-state index in [-0.39, 0.29) is 18.4 Å². The summed E-state index contributed by atoms with van der Waals surface area (Å²) in [6.07, 6.45) is 7.08. The Hall–Kier alpha value is -3.94. The number of benzene rings is 1. The fourth-order valence-electron chi connectivity index (χ4n) is 3.20. The van der Waals surface area contributed by atoms with Crippen LogP contribution in [0.3, 0.4) is 0 Å². The normalized spacial score (nSPS) is 10.9. The number of hydrogen-bond acceptors (Lipinski definition) is 4. The predicted octanol–water partition coefficient (Wildman–Crippen LogP) is 2.09. The van der Waals surface area contributed by atoms with Gasteiger partial charge in [-0.1, -0.05) is 12.1 Å². The Balaban J connectivity index is 1.57. The van der Waals surface area contributed by atoms with Crippen LogP contribution in [-0.4, -0.2) is 56.7 Å². The van der Waals surface area contributed by atoms with Crippen molar-refractivity contribution in [1.29, 1.82) is 0 Å². The van der Waals surface area contributed by atoms with Crippen LogP contribution in [0.2, 0.25) is 0 Å². The van der Waals surface area contributed by atoms with Crippen molar-refractivity contribution in [2.45, 2.75) is 6.54 Å². The highest BCUT2D eigenvalue weighted by molar-refractivity contribution is 6.06. The van der Waals surface area contributed by atoms with Crippen LogP contribution in [0, 0.1) is 0 Å². The van der Waals surface area contributed by atoms with E-state index in [1.807, 2.05) is 53.2 Å². The van der Waals surface area contributed by atoms with Crippen LogP contribution in [0.15, 0.2) is 67.3 Å². The fourth-order valence-corrected chi connectivity index (χ4v) is 3.20. The van der Waals surface area contributed by atoms with Crippen LogP contribution in [0.1, 0.15) is 15.9 Å². The summed E-state index contributed by atoms with van der Waals surface area (Å²) in [5.74, 6) is -0.487. The molecule has 8 nitrogen and oxygen atoms in total. The van der Waals surface area contributed by atoms with Gasteiger partial charge < -0.3 is 14.8 Å². The molecule has 4 rings (SSSR count). The van der Waals surface area contributed by atoms with Crippen molar-refractivity contribution in [3.05, 3.63) is 78.4 Å². The third kappa shape index (κ3) is 3.93. The Labute approximate surface area is 173 Å². The lowest BCUT2D eigenvalue weighted by Gasteiger charge is -2.10. The Kier molecular flexibility index (Phi) is 5.30. The number of pyridine rings is 1. The van der Waals surface area contributed by atoms with E-state index in [1.165, 1.54) is 4.90 Å². The van der Waals surface area contributed by atoms with Gasteiger partial charge in [0.05, 0.1) is 23.3 Å². The first kappa shape index (κ1) is 19.4. The Bertz CT molecular complexity index is 1180. The number of aromatic nitrogens is 4. The zero-order valence-electron chi connectivity index (χ0n) is 16.8. The second-order valence-electron chi connectivity index (χ2n) is 7.13. The molecule has 2 amide bonds. The number of hydrogen-bond donors (Lipinski definition) is 1. The van der Waals surface area contributed by atoms with Crippen molar-refractivity contribution in [3.8, 4) is 5.69 Å². The van der Waals surface area contributed by atoms with E-state index in [9.17, 15) is 9.59 Å². The molecule has 3 aromatic heterocycles. The van der Waals surface area contributed by atoms with Crippen LogP contribution in [0.4, 0.5) is 0 Å². The average Bonchev–Trinajstić information content (AvgIpc) is 3.41. The molecule has 0 aliphatic rings. The summed E-state index contributed by atoms with van der Waals surface area (Å²) in [6.45, 7) is 0.533. The third-order valence-electron chi connectivity index (χ3n) is 4.84. The van der Waals surface area contributed by atoms with Crippen molar-refractivity contribution in [2.24, 2.45) is 0 Å². The molecule has 4 aromatic rings. The molecule has 0 atom stereocenters. The number of likely N-dealkylation sites (N-methyl/N-ethyl adjacent to an activating group) is 1. The molecule has 0 unspecified atom stereocenters. The molecule has 0 aliphatic heterocycles. The van der Waals surface area contributed by atoms with Crippen molar-refractivity contribution in [2.75, 3.05) is 20.6 Å². The minimum Gasteiger partial charge on any atom is -0.347 e. The van der Waals surface area contributed by atoms with Gasteiger partial charge >= 0.3 is 0 Å². The monoisotopic (exact) mass is 402 g/mol. The summed E-state index contributed by atoms with van der Waals surface area (Å²) in [7, 11) is 3.30. The molecular formula is C22H22N6O2. The van der Waals surface area contributed by atoms with Gasteiger partial charge in [-0.25, -0.2) is 4.68 Å². The predicted molar refractivity (Wildman–Crippen MR) is 113 cm³/mol. The topological polar surface area (TPSA) is 85.0 Å². The van der Waals surface area contributed by atoms with Crippen LogP contribution in [0.5, 0.6) is 0 Å². The van der Waals surface area contributed by atoms with Gasteiger partial charge in [-0.2, -0.15) is 5.10 Å². The maximum atomic E-state index is 12.7. The van der Waals surface area contributed by atoms with Crippen LogP contribution < -0.4 is 5.32 Å². The molecular weight excluding hydrogens is 380 g/mol. The summed E-state index contributed by atoms with van der Waals surface area (Å²) >= 11 is 0. The van der Waals surface area contributed by atoms with Crippen molar-refractivity contribution >= 4 is 22.8 Å². The molecule has 30 heavy (non-hydrogen) atoms. The van der Waals surface area contributed by atoms with E-state index in [4.69, 9.17) is 0 Å². The van der Waals surface area contributed by atoms with E-state index in [0.29, 0.717) is 17.6 Å². The molecule has 0 aliphatic carbocycles. The molecule has 0 saturated heterocycles. The molecule has 1 aromatic carbocycles. The number of amides is 2. The van der Waals surface area contributed by atoms with Gasteiger partial charge in [-0.05, 0) is 35.9 Å². The molecule has 0 radical (unpaired) electrons. The quantitative estimate of drug-likeness (QED) is 0.535. The minimum atomic E-state index is -0.318. The minimum absolute atomic E-state index is 0.0553. The van der Waals surface area contributed by atoms with Crippen LogP contribution in [-0.2, 0) is 11.3 Å². The second-order valence-corrected chi connectivity index (χ2v) is 7.13. The van der Waals surface area contributed by atoms with Gasteiger partial charge in [0.2, 0.25) is 5.91 Å². The highest BCUT2D eigenvalue weighted by atomic mass is 16.2. The zero-order valence-corrected chi connectivity index (χ0v) is 16.8. The summed E-state index contributed by atoms with van der Waals surface area (Å²) < 4.78 is 3.80. The van der Waals surface area contributed by atoms with E-state index in [1.54, 1.807) is 37.4 Å². The van der Waals surface area contributed by atoms with Crippen molar-refractivity contribution < 1.29 is 9.59 Å². The summed E-state index contributed by atoms with van der Waals surface area (Å²) in [4.78, 5) is 30.3. The van der Waals surface area contributed by atoms with Gasteiger partial charge in [-0.15, -0.1) is 0 Å². The lowest BCUT2D eigenvalue weighted by atomic mass is 10.2. The van der Waals surface area contributed by atoms with E-state index < -0.39 is 0 Å². The molecule has 1 N–H and O–H groups in total. The lowest BCUT2D eigenvalue weighted by Crippen LogP contribution is -2.36. The Morgan fingerprint density at radius 2 is 1.87 bits per heavy atom. The first-order valence-corrected chi connectivity index (χ1v) is 9.54. The standard InChI is InChI=1S/C22H22N6O2/c1-26(2)20(29)13-24-22(30)18-15-27(19-5-3-10-23-21(18)19)14-16-6-8-17(9-7-16)28-12-4-11-25-28/h3-12,15H,13-14H2,1-2H3,(H,24,30). The van der Waals surface area contributed by atoms with Gasteiger partial charge in [0.15, 0.2) is 0 Å². The first-order chi connectivity index (χ1) is 14.5. The van der Waals surface area contributed by atoms with Crippen molar-refractivity contribution in [1.82, 2.24) is 29.5 Å².